The molecule has 4 nitrogen and oxygen atoms in total. The summed E-state index contributed by atoms with van der Waals surface area (Å²) in [7, 11) is 0. The van der Waals surface area contributed by atoms with Gasteiger partial charge in [-0.15, -0.1) is 23.1 Å². The lowest BCUT2D eigenvalue weighted by atomic mass is 9.90. The summed E-state index contributed by atoms with van der Waals surface area (Å²) in [5.41, 5.74) is 1.71. The predicted molar refractivity (Wildman–Crippen MR) is 114 cm³/mol. The van der Waals surface area contributed by atoms with Crippen LogP contribution in [0.15, 0.2) is 51.5 Å². The fourth-order valence-corrected chi connectivity index (χ4v) is 5.07. The van der Waals surface area contributed by atoms with Crippen molar-refractivity contribution < 1.29 is 5.11 Å². The summed E-state index contributed by atoms with van der Waals surface area (Å²) in [6.45, 7) is 2.49. The van der Waals surface area contributed by atoms with Crippen molar-refractivity contribution in [2.75, 3.05) is 19.3 Å². The number of likely N-dealkylation sites (tertiary alicyclic amines) is 1. The number of piperidine rings is 1. The van der Waals surface area contributed by atoms with E-state index in [9.17, 15) is 9.90 Å². The number of benzene rings is 1. The molecule has 1 saturated heterocycles. The first-order valence-corrected chi connectivity index (χ1v) is 11.4. The minimum atomic E-state index is -0.359. The zero-order chi connectivity index (χ0) is 18.8. The molecule has 6 heteroatoms. The van der Waals surface area contributed by atoms with Crippen LogP contribution in [-0.4, -0.2) is 34.3 Å². The Bertz CT molecular complexity index is 960. The number of nitrogens with zero attached hydrogens (tertiary/aromatic N) is 1. The number of H-pyrrole nitrogens is 1. The maximum absolute atomic E-state index is 12.5. The molecule has 0 spiro atoms. The Morgan fingerprint density at radius 3 is 2.81 bits per heavy atom. The lowest BCUT2D eigenvalue weighted by Crippen LogP contribution is -2.36. The number of rotatable bonds is 5. The highest BCUT2D eigenvalue weighted by Gasteiger charge is 2.27. The van der Waals surface area contributed by atoms with E-state index in [4.69, 9.17) is 0 Å². The zero-order valence-corrected chi connectivity index (χ0v) is 17.0. The van der Waals surface area contributed by atoms with Crippen molar-refractivity contribution in [3.63, 3.8) is 0 Å². The summed E-state index contributed by atoms with van der Waals surface area (Å²) in [6.07, 6.45) is 3.59. The number of aromatic nitrogens is 1. The highest BCUT2D eigenvalue weighted by Crippen LogP contribution is 2.33. The average molecular weight is 401 g/mol. The molecule has 142 valence electrons. The molecule has 1 unspecified atom stereocenters. The SMILES string of the molecule is CSc1ccc2cc(CN3CCC(C(O)c4cccs4)CC3)c(=O)[nH]c2c1. The van der Waals surface area contributed by atoms with Crippen molar-refractivity contribution >= 4 is 34.0 Å². The molecule has 2 N–H and O–H groups in total. The third-order valence-electron chi connectivity index (χ3n) is 5.44. The Morgan fingerprint density at radius 1 is 1.30 bits per heavy atom. The van der Waals surface area contributed by atoms with E-state index in [0.29, 0.717) is 12.5 Å². The fraction of sp³-hybridized carbons (Fsp3) is 0.381. The van der Waals surface area contributed by atoms with Gasteiger partial charge in [-0.2, -0.15) is 0 Å². The number of aromatic amines is 1. The molecule has 0 amide bonds. The lowest BCUT2D eigenvalue weighted by Gasteiger charge is -2.33. The first kappa shape index (κ1) is 18.7. The second-order valence-corrected chi connectivity index (χ2v) is 9.01. The number of nitrogens with one attached hydrogen (secondary N) is 1. The molecule has 0 saturated carbocycles. The fourth-order valence-electron chi connectivity index (χ4n) is 3.83. The molecule has 0 radical (unpaired) electrons. The standard InChI is InChI=1S/C21H24N2O2S2/c1-26-17-5-4-15-11-16(21(25)22-18(15)12-17)13-23-8-6-14(7-9-23)20(24)19-3-2-10-27-19/h2-5,10-12,14,20,24H,6-9,13H2,1H3,(H,22,25). The van der Waals surface area contributed by atoms with Gasteiger partial charge in [-0.3, -0.25) is 9.69 Å². The van der Waals surface area contributed by atoms with Crippen molar-refractivity contribution in [3.8, 4) is 0 Å². The van der Waals surface area contributed by atoms with Crippen molar-refractivity contribution in [2.45, 2.75) is 30.4 Å². The van der Waals surface area contributed by atoms with Crippen molar-refractivity contribution in [3.05, 3.63) is 62.6 Å². The van der Waals surface area contributed by atoms with Gasteiger partial charge in [0.25, 0.3) is 5.56 Å². The summed E-state index contributed by atoms with van der Waals surface area (Å²) in [5.74, 6) is 0.305. The summed E-state index contributed by atoms with van der Waals surface area (Å²) in [6, 6.07) is 12.2. The second kappa shape index (κ2) is 8.19. The smallest absolute Gasteiger partial charge is 0.252 e. The van der Waals surface area contributed by atoms with Gasteiger partial charge in [0, 0.05) is 27.4 Å². The van der Waals surface area contributed by atoms with E-state index in [1.807, 2.05) is 35.9 Å². The number of thiophene rings is 1. The van der Waals surface area contributed by atoms with Gasteiger partial charge in [0.2, 0.25) is 0 Å². The largest absolute Gasteiger partial charge is 0.387 e. The molecule has 1 aromatic carbocycles. The van der Waals surface area contributed by atoms with Crippen LogP contribution in [0.4, 0.5) is 0 Å². The zero-order valence-electron chi connectivity index (χ0n) is 15.4. The number of hydrogen-bond acceptors (Lipinski definition) is 5. The summed E-state index contributed by atoms with van der Waals surface area (Å²) in [5, 5.41) is 13.6. The van der Waals surface area contributed by atoms with Crippen molar-refractivity contribution in [1.29, 1.82) is 0 Å². The molecular formula is C21H24N2O2S2. The maximum atomic E-state index is 12.5. The second-order valence-electron chi connectivity index (χ2n) is 7.15. The van der Waals surface area contributed by atoms with Gasteiger partial charge in [0.05, 0.1) is 6.10 Å². The molecule has 0 aliphatic carbocycles. The van der Waals surface area contributed by atoms with E-state index >= 15 is 0 Å². The Morgan fingerprint density at radius 2 is 2.11 bits per heavy atom. The molecule has 0 bridgehead atoms. The highest BCUT2D eigenvalue weighted by molar-refractivity contribution is 7.98. The van der Waals surface area contributed by atoms with Crippen LogP contribution in [0.1, 0.15) is 29.4 Å². The van der Waals surface area contributed by atoms with Crippen molar-refractivity contribution in [1.82, 2.24) is 9.88 Å². The molecule has 1 fully saturated rings. The van der Waals surface area contributed by atoms with Gasteiger partial charge in [0.15, 0.2) is 0 Å². The third-order valence-corrected chi connectivity index (χ3v) is 7.11. The number of aliphatic hydroxyl groups excluding tert-OH is 1. The Balaban J connectivity index is 1.43. The molecule has 27 heavy (non-hydrogen) atoms. The van der Waals surface area contributed by atoms with Gasteiger partial charge in [-0.05, 0) is 73.1 Å². The number of pyridine rings is 1. The first-order valence-electron chi connectivity index (χ1n) is 9.28. The van der Waals surface area contributed by atoms with Crippen LogP contribution in [-0.2, 0) is 6.54 Å². The molecule has 1 atom stereocenters. The highest BCUT2D eigenvalue weighted by atomic mass is 32.2. The van der Waals surface area contributed by atoms with E-state index in [2.05, 4.69) is 22.0 Å². The monoisotopic (exact) mass is 400 g/mol. The lowest BCUT2D eigenvalue weighted by molar-refractivity contribution is 0.0590. The van der Waals surface area contributed by atoms with Gasteiger partial charge >= 0.3 is 0 Å². The van der Waals surface area contributed by atoms with E-state index in [1.54, 1.807) is 23.1 Å². The number of hydrogen-bond donors (Lipinski definition) is 2. The van der Waals surface area contributed by atoms with Crippen LogP contribution in [0.3, 0.4) is 0 Å². The van der Waals surface area contributed by atoms with E-state index < -0.39 is 0 Å². The van der Waals surface area contributed by atoms with Crippen LogP contribution in [0.2, 0.25) is 0 Å². The number of aliphatic hydroxyl groups is 1. The maximum Gasteiger partial charge on any atom is 0.252 e. The van der Waals surface area contributed by atoms with Crippen LogP contribution >= 0.6 is 23.1 Å². The van der Waals surface area contributed by atoms with Crippen LogP contribution in [0, 0.1) is 5.92 Å². The topological polar surface area (TPSA) is 56.3 Å². The Kier molecular flexibility index (Phi) is 5.68. The van der Waals surface area contributed by atoms with Crippen LogP contribution in [0.25, 0.3) is 10.9 Å². The molecule has 4 rings (SSSR count). The van der Waals surface area contributed by atoms with Gasteiger partial charge in [-0.1, -0.05) is 12.1 Å². The molecule has 1 aliphatic heterocycles. The summed E-state index contributed by atoms with van der Waals surface area (Å²) >= 11 is 3.30. The molecule has 1 aliphatic rings. The summed E-state index contributed by atoms with van der Waals surface area (Å²) in [4.78, 5) is 20.1. The average Bonchev–Trinajstić information content (AvgIpc) is 3.23. The first-order chi connectivity index (χ1) is 13.1. The van der Waals surface area contributed by atoms with E-state index in [-0.39, 0.29) is 11.7 Å². The number of fused-ring (bicyclic) bond motifs is 1. The third kappa shape index (κ3) is 4.14. The molecule has 3 heterocycles. The van der Waals surface area contributed by atoms with Crippen LogP contribution < -0.4 is 5.56 Å². The van der Waals surface area contributed by atoms with Gasteiger partial charge < -0.3 is 10.1 Å². The summed E-state index contributed by atoms with van der Waals surface area (Å²) < 4.78 is 0. The van der Waals surface area contributed by atoms with Gasteiger partial charge in [-0.25, -0.2) is 0 Å². The predicted octanol–water partition coefficient (Wildman–Crippen LogP) is 4.26. The van der Waals surface area contributed by atoms with Gasteiger partial charge in [0.1, 0.15) is 0 Å². The van der Waals surface area contributed by atoms with Crippen LogP contribution in [0.5, 0.6) is 0 Å². The van der Waals surface area contributed by atoms with Crippen molar-refractivity contribution in [2.24, 2.45) is 5.92 Å². The quantitative estimate of drug-likeness (QED) is 0.629. The number of thioether (sulfide) groups is 1. The van der Waals surface area contributed by atoms with E-state index in [1.165, 1.54) is 0 Å². The van der Waals surface area contributed by atoms with E-state index in [0.717, 1.165) is 52.2 Å². The molecular weight excluding hydrogens is 376 g/mol. The Labute approximate surface area is 167 Å². The Hall–Kier alpha value is -1.60. The molecule has 3 aromatic rings. The normalized spacial score (nSPS) is 17.4. The minimum absolute atomic E-state index is 0.00139. The molecule has 2 aromatic heterocycles. The minimum Gasteiger partial charge on any atom is -0.387 e.